The summed E-state index contributed by atoms with van der Waals surface area (Å²) in [5.41, 5.74) is 0.273. The van der Waals surface area contributed by atoms with Crippen LogP contribution in [0.25, 0.3) is 0 Å². The molecule has 13 heteroatoms. The van der Waals surface area contributed by atoms with Crippen LogP contribution in [0.2, 0.25) is 0 Å². The highest BCUT2D eigenvalue weighted by Crippen LogP contribution is 2.28. The van der Waals surface area contributed by atoms with Crippen molar-refractivity contribution in [1.82, 2.24) is 25.2 Å². The topological polar surface area (TPSA) is 108 Å². The molecule has 1 amide bonds. The van der Waals surface area contributed by atoms with E-state index in [0.29, 0.717) is 30.7 Å². The van der Waals surface area contributed by atoms with Gasteiger partial charge in [0.1, 0.15) is 5.75 Å². The predicted octanol–water partition coefficient (Wildman–Crippen LogP) is 2.85. The monoisotopic (exact) mass is 522 g/mol. The van der Waals surface area contributed by atoms with Crippen LogP contribution in [0.5, 0.6) is 5.75 Å². The van der Waals surface area contributed by atoms with E-state index in [9.17, 15) is 18.0 Å². The molecule has 3 N–H and O–H groups in total. The second-order valence-corrected chi connectivity index (χ2v) is 9.39. The lowest BCUT2D eigenvalue weighted by molar-refractivity contribution is -0.274. The number of aromatic nitrogens is 3. The second kappa shape index (κ2) is 11.8. The largest absolute Gasteiger partial charge is 0.573 e. The fraction of sp³-hybridized carbons (Fsp3) is 0.583. The number of carbonyl (C=O) groups is 1. The van der Waals surface area contributed by atoms with Gasteiger partial charge in [-0.3, -0.25) is 4.79 Å². The molecule has 1 aromatic heterocycles. The number of anilines is 3. The summed E-state index contributed by atoms with van der Waals surface area (Å²) >= 11 is 0. The van der Waals surface area contributed by atoms with Crippen molar-refractivity contribution in [3.63, 3.8) is 0 Å². The molecule has 0 spiro atoms. The Morgan fingerprint density at radius 1 is 1.03 bits per heavy atom. The number of nitrogens with zero attached hydrogens (tertiary/aromatic N) is 5. The van der Waals surface area contributed by atoms with Crippen molar-refractivity contribution in [2.75, 3.05) is 55.8 Å². The first-order chi connectivity index (χ1) is 17.7. The molecule has 1 aromatic carbocycles. The van der Waals surface area contributed by atoms with Crippen LogP contribution in [0, 0.1) is 5.92 Å². The molecule has 2 aliphatic rings. The Balaban J connectivity index is 1.29. The molecule has 1 aliphatic heterocycles. The van der Waals surface area contributed by atoms with E-state index in [4.69, 9.17) is 0 Å². The van der Waals surface area contributed by atoms with E-state index in [1.807, 2.05) is 0 Å². The standard InChI is InChI=1S/C24H33F3N8O2/c1-28-21-31-22(33-23(32-21)35-13-11-34(2)12-14-35)30-18-9-7-16(8-10-18)20(36)29-15-17-5-3-4-6-19(17)37-24(25,26)27/h3-6,16,18H,7-15H2,1-2H3,(H,29,36)(H2,28,30,31,32,33). The Morgan fingerprint density at radius 2 is 1.70 bits per heavy atom. The molecule has 0 unspecified atom stereocenters. The van der Waals surface area contributed by atoms with Crippen molar-refractivity contribution in [2.24, 2.45) is 5.92 Å². The molecule has 1 aliphatic carbocycles. The number of ether oxygens (including phenoxy) is 1. The SMILES string of the molecule is CNc1nc(NC2CCC(C(=O)NCc3ccccc3OC(F)(F)F)CC2)nc(N2CCN(C)CC2)n1. The molecule has 2 fully saturated rings. The summed E-state index contributed by atoms with van der Waals surface area (Å²) in [4.78, 5) is 30.7. The number of hydrogen-bond acceptors (Lipinski definition) is 9. The molecule has 0 atom stereocenters. The number of halogens is 3. The van der Waals surface area contributed by atoms with Gasteiger partial charge in [-0.15, -0.1) is 13.2 Å². The van der Waals surface area contributed by atoms with E-state index in [1.165, 1.54) is 18.2 Å². The summed E-state index contributed by atoms with van der Waals surface area (Å²) in [6.07, 6.45) is -1.99. The first-order valence-electron chi connectivity index (χ1n) is 12.5. The molecule has 2 heterocycles. The summed E-state index contributed by atoms with van der Waals surface area (Å²) in [5.74, 6) is 0.947. The number of hydrogen-bond donors (Lipinski definition) is 3. The van der Waals surface area contributed by atoms with Crippen LogP contribution in [0.15, 0.2) is 24.3 Å². The third-order valence-corrected chi connectivity index (χ3v) is 6.72. The molecule has 4 rings (SSSR count). The Morgan fingerprint density at radius 3 is 2.38 bits per heavy atom. The zero-order valence-corrected chi connectivity index (χ0v) is 21.0. The lowest BCUT2D eigenvalue weighted by Crippen LogP contribution is -2.45. The Labute approximate surface area is 214 Å². The van der Waals surface area contributed by atoms with Gasteiger partial charge in [0.25, 0.3) is 0 Å². The number of rotatable bonds is 8. The van der Waals surface area contributed by atoms with Gasteiger partial charge < -0.3 is 30.5 Å². The Hall–Kier alpha value is -3.35. The normalized spacial score (nSPS) is 20.8. The summed E-state index contributed by atoms with van der Waals surface area (Å²) in [7, 11) is 3.86. The Kier molecular flexibility index (Phi) is 8.52. The number of amides is 1. The molecular formula is C24H33F3N8O2. The fourth-order valence-corrected chi connectivity index (χ4v) is 4.57. The fourth-order valence-electron chi connectivity index (χ4n) is 4.57. The first kappa shape index (κ1) is 26.7. The molecule has 1 saturated heterocycles. The van der Waals surface area contributed by atoms with Crippen molar-refractivity contribution >= 4 is 23.8 Å². The molecule has 0 bridgehead atoms. The highest BCUT2D eigenvalue weighted by molar-refractivity contribution is 5.78. The van der Waals surface area contributed by atoms with Gasteiger partial charge in [0.15, 0.2) is 0 Å². The molecule has 37 heavy (non-hydrogen) atoms. The number of nitrogens with one attached hydrogen (secondary N) is 3. The van der Waals surface area contributed by atoms with Crippen LogP contribution in [0.1, 0.15) is 31.2 Å². The van der Waals surface area contributed by atoms with Crippen LogP contribution < -0.4 is 25.6 Å². The maximum Gasteiger partial charge on any atom is 0.573 e. The quantitative estimate of drug-likeness (QED) is 0.482. The molecule has 2 aromatic rings. The van der Waals surface area contributed by atoms with Crippen molar-refractivity contribution < 1.29 is 22.7 Å². The average Bonchev–Trinajstić information content (AvgIpc) is 2.88. The van der Waals surface area contributed by atoms with E-state index in [1.54, 1.807) is 13.1 Å². The minimum absolute atomic E-state index is 0.0318. The van der Waals surface area contributed by atoms with Gasteiger partial charge in [-0.1, -0.05) is 18.2 Å². The van der Waals surface area contributed by atoms with Crippen LogP contribution in [-0.2, 0) is 11.3 Å². The van der Waals surface area contributed by atoms with Crippen LogP contribution in [-0.4, -0.2) is 78.4 Å². The minimum Gasteiger partial charge on any atom is -0.405 e. The maximum atomic E-state index is 12.7. The van der Waals surface area contributed by atoms with Gasteiger partial charge in [0, 0.05) is 57.3 Å². The number of likely N-dealkylation sites (N-methyl/N-ethyl adjacent to an activating group) is 1. The maximum absolute atomic E-state index is 12.7. The molecule has 1 saturated carbocycles. The summed E-state index contributed by atoms with van der Waals surface area (Å²) in [6, 6.07) is 5.92. The van der Waals surface area contributed by atoms with Crippen molar-refractivity contribution in [2.45, 2.75) is 44.6 Å². The van der Waals surface area contributed by atoms with Crippen LogP contribution in [0.4, 0.5) is 31.0 Å². The van der Waals surface area contributed by atoms with Gasteiger partial charge in [0.05, 0.1) is 0 Å². The van der Waals surface area contributed by atoms with Gasteiger partial charge in [-0.05, 0) is 38.8 Å². The van der Waals surface area contributed by atoms with E-state index < -0.39 is 6.36 Å². The first-order valence-corrected chi connectivity index (χ1v) is 12.5. The minimum atomic E-state index is -4.79. The van der Waals surface area contributed by atoms with E-state index in [-0.39, 0.29) is 35.7 Å². The molecule has 202 valence electrons. The Bertz CT molecular complexity index is 1050. The van der Waals surface area contributed by atoms with E-state index in [0.717, 1.165) is 39.0 Å². The number of para-hydroxylation sites is 1. The molecule has 0 radical (unpaired) electrons. The zero-order chi connectivity index (χ0) is 26.4. The van der Waals surface area contributed by atoms with Gasteiger partial charge >= 0.3 is 6.36 Å². The second-order valence-electron chi connectivity index (χ2n) is 9.39. The summed E-state index contributed by atoms with van der Waals surface area (Å²) in [5, 5.41) is 9.16. The third kappa shape index (κ3) is 7.57. The van der Waals surface area contributed by atoms with E-state index in [2.05, 4.69) is 52.5 Å². The van der Waals surface area contributed by atoms with Crippen LogP contribution in [0.3, 0.4) is 0 Å². The van der Waals surface area contributed by atoms with Crippen LogP contribution >= 0.6 is 0 Å². The smallest absolute Gasteiger partial charge is 0.405 e. The van der Waals surface area contributed by atoms with Crippen molar-refractivity contribution in [1.29, 1.82) is 0 Å². The average molecular weight is 523 g/mol. The van der Waals surface area contributed by atoms with Gasteiger partial charge in [0.2, 0.25) is 23.8 Å². The van der Waals surface area contributed by atoms with Gasteiger partial charge in [-0.2, -0.15) is 15.0 Å². The third-order valence-electron chi connectivity index (χ3n) is 6.72. The zero-order valence-electron chi connectivity index (χ0n) is 21.0. The van der Waals surface area contributed by atoms with Crippen molar-refractivity contribution in [3.05, 3.63) is 29.8 Å². The predicted molar refractivity (Wildman–Crippen MR) is 133 cm³/mol. The van der Waals surface area contributed by atoms with E-state index >= 15 is 0 Å². The lowest BCUT2D eigenvalue weighted by atomic mass is 9.85. The number of carbonyl (C=O) groups excluding carboxylic acids is 1. The van der Waals surface area contributed by atoms with Gasteiger partial charge in [-0.25, -0.2) is 0 Å². The highest BCUT2D eigenvalue weighted by Gasteiger charge is 2.32. The molecule has 10 nitrogen and oxygen atoms in total. The lowest BCUT2D eigenvalue weighted by Gasteiger charge is -2.33. The molecular weight excluding hydrogens is 489 g/mol. The summed E-state index contributed by atoms with van der Waals surface area (Å²) < 4.78 is 42.0. The van der Waals surface area contributed by atoms with Crippen molar-refractivity contribution in [3.8, 4) is 5.75 Å². The highest BCUT2D eigenvalue weighted by atomic mass is 19.4. The summed E-state index contributed by atoms with van der Waals surface area (Å²) in [6.45, 7) is 3.54. The number of benzene rings is 1. The number of alkyl halides is 3. The number of piperazine rings is 1.